The molecule has 2 aromatic rings. The largest absolute Gasteiger partial charge is 0.368 e. The minimum atomic E-state index is -0.254. The molecule has 2 aliphatic heterocycles. The maximum Gasteiger partial charge on any atom is 0.220 e. The predicted octanol–water partition coefficient (Wildman–Crippen LogP) is 2.18. The van der Waals surface area contributed by atoms with Crippen LogP contribution in [0, 0.1) is 0 Å². The second-order valence-electron chi connectivity index (χ2n) is 6.10. The van der Waals surface area contributed by atoms with Crippen molar-refractivity contribution in [2.24, 2.45) is 0 Å². The highest BCUT2D eigenvalue weighted by Gasteiger charge is 2.42. The van der Waals surface area contributed by atoms with Gasteiger partial charge >= 0.3 is 0 Å². The maximum absolute atomic E-state index is 6.20. The fourth-order valence-corrected chi connectivity index (χ4v) is 4.18. The second kappa shape index (κ2) is 5.61. The van der Waals surface area contributed by atoms with Gasteiger partial charge in [0.15, 0.2) is 0 Å². The van der Waals surface area contributed by atoms with Crippen LogP contribution in [0.15, 0.2) is 23.0 Å². The van der Waals surface area contributed by atoms with Crippen molar-refractivity contribution in [3.63, 3.8) is 0 Å². The number of nitrogen functional groups attached to an aromatic ring is 1. The molecule has 0 aliphatic carbocycles. The fourth-order valence-electron chi connectivity index (χ4n) is 3.52. The zero-order chi connectivity index (χ0) is 15.0. The number of nitrogens with two attached hydrogens (primary N) is 1. The zero-order valence-electron chi connectivity index (χ0n) is 12.5. The minimum absolute atomic E-state index is 0.254. The standard InChI is InChI=1S/C16H20N4OS/c17-15-18-9-13-1-7-21-16(14(13)19-15)3-5-20(6-4-16)10-12-2-8-22-11-12/h2,8-9,11H,1,3-7,10H2,(H2,17,18,19). The summed E-state index contributed by atoms with van der Waals surface area (Å²) in [6, 6.07) is 2.20. The van der Waals surface area contributed by atoms with E-state index >= 15 is 0 Å². The number of thiophene rings is 1. The number of fused-ring (bicyclic) bond motifs is 2. The first-order valence-corrected chi connectivity index (χ1v) is 8.69. The average Bonchev–Trinajstić information content (AvgIpc) is 3.04. The van der Waals surface area contributed by atoms with Gasteiger partial charge in [0.25, 0.3) is 0 Å². The number of hydrogen-bond donors (Lipinski definition) is 1. The molecule has 4 rings (SSSR count). The molecule has 0 aromatic carbocycles. The molecule has 0 bridgehead atoms. The highest BCUT2D eigenvalue weighted by atomic mass is 32.1. The smallest absolute Gasteiger partial charge is 0.220 e. The number of rotatable bonds is 2. The molecule has 4 heterocycles. The number of ether oxygens (including phenoxy) is 1. The van der Waals surface area contributed by atoms with E-state index in [9.17, 15) is 0 Å². The average molecular weight is 316 g/mol. The van der Waals surface area contributed by atoms with Gasteiger partial charge < -0.3 is 10.5 Å². The number of likely N-dealkylation sites (tertiary alicyclic amines) is 1. The maximum atomic E-state index is 6.20. The molecular formula is C16H20N4OS. The van der Waals surface area contributed by atoms with Crippen molar-refractivity contribution in [2.75, 3.05) is 25.4 Å². The van der Waals surface area contributed by atoms with Crippen LogP contribution >= 0.6 is 11.3 Å². The number of nitrogens with zero attached hydrogens (tertiary/aromatic N) is 3. The third-order valence-electron chi connectivity index (χ3n) is 4.71. The molecule has 1 saturated heterocycles. The van der Waals surface area contributed by atoms with E-state index < -0.39 is 0 Å². The van der Waals surface area contributed by atoms with E-state index in [1.165, 1.54) is 11.1 Å². The Morgan fingerprint density at radius 3 is 3.00 bits per heavy atom. The van der Waals surface area contributed by atoms with Crippen molar-refractivity contribution >= 4 is 17.3 Å². The molecular weight excluding hydrogens is 296 g/mol. The molecule has 0 saturated carbocycles. The monoisotopic (exact) mass is 316 g/mol. The van der Waals surface area contributed by atoms with Gasteiger partial charge in [0.05, 0.1) is 12.3 Å². The van der Waals surface area contributed by atoms with E-state index in [0.29, 0.717) is 5.95 Å². The first-order valence-electron chi connectivity index (χ1n) is 7.74. The van der Waals surface area contributed by atoms with Gasteiger partial charge in [0.1, 0.15) is 5.60 Å². The van der Waals surface area contributed by atoms with E-state index in [2.05, 4.69) is 31.7 Å². The third-order valence-corrected chi connectivity index (χ3v) is 5.45. The predicted molar refractivity (Wildman–Crippen MR) is 86.6 cm³/mol. The van der Waals surface area contributed by atoms with Crippen LogP contribution < -0.4 is 5.73 Å². The molecule has 116 valence electrons. The summed E-state index contributed by atoms with van der Waals surface area (Å²) in [5, 5.41) is 4.37. The summed E-state index contributed by atoms with van der Waals surface area (Å²) in [5.41, 5.74) is 9.18. The van der Waals surface area contributed by atoms with E-state index in [4.69, 9.17) is 10.5 Å². The zero-order valence-corrected chi connectivity index (χ0v) is 13.3. The van der Waals surface area contributed by atoms with Crippen LogP contribution in [0.5, 0.6) is 0 Å². The van der Waals surface area contributed by atoms with Crippen LogP contribution in [0.4, 0.5) is 5.95 Å². The van der Waals surface area contributed by atoms with Crippen molar-refractivity contribution in [2.45, 2.75) is 31.4 Å². The van der Waals surface area contributed by atoms with Gasteiger partial charge in [0, 0.05) is 25.8 Å². The van der Waals surface area contributed by atoms with Crippen molar-refractivity contribution in [3.05, 3.63) is 39.8 Å². The molecule has 0 radical (unpaired) electrons. The summed E-state index contributed by atoms with van der Waals surface area (Å²) in [5.74, 6) is 0.351. The molecule has 1 spiro atoms. The Bertz CT molecular complexity index is 650. The lowest BCUT2D eigenvalue weighted by Gasteiger charge is -2.44. The molecule has 0 amide bonds. The van der Waals surface area contributed by atoms with Crippen LogP contribution in [-0.2, 0) is 23.3 Å². The van der Waals surface area contributed by atoms with Crippen molar-refractivity contribution < 1.29 is 4.74 Å². The first kappa shape index (κ1) is 14.1. The summed E-state index contributed by atoms with van der Waals surface area (Å²) in [6.07, 6.45) is 4.71. The Morgan fingerprint density at radius 2 is 2.23 bits per heavy atom. The van der Waals surface area contributed by atoms with Crippen molar-refractivity contribution in [3.8, 4) is 0 Å². The molecule has 6 heteroatoms. The van der Waals surface area contributed by atoms with Crippen molar-refractivity contribution in [1.29, 1.82) is 0 Å². The Hall–Kier alpha value is -1.50. The highest BCUT2D eigenvalue weighted by molar-refractivity contribution is 7.07. The van der Waals surface area contributed by atoms with E-state index in [1.54, 1.807) is 11.3 Å². The summed E-state index contributed by atoms with van der Waals surface area (Å²) in [7, 11) is 0. The van der Waals surface area contributed by atoms with Crippen LogP contribution in [0.3, 0.4) is 0 Å². The summed E-state index contributed by atoms with van der Waals surface area (Å²) in [4.78, 5) is 11.1. The molecule has 22 heavy (non-hydrogen) atoms. The van der Waals surface area contributed by atoms with Gasteiger partial charge in [0.2, 0.25) is 5.95 Å². The van der Waals surface area contributed by atoms with Gasteiger partial charge in [-0.05, 0) is 47.2 Å². The van der Waals surface area contributed by atoms with Gasteiger partial charge in [-0.3, -0.25) is 4.90 Å². The van der Waals surface area contributed by atoms with Crippen LogP contribution in [0.25, 0.3) is 0 Å². The Labute approximate surface area is 134 Å². The molecule has 0 atom stereocenters. The van der Waals surface area contributed by atoms with Gasteiger partial charge in [-0.25, -0.2) is 9.97 Å². The number of aromatic nitrogens is 2. The number of hydrogen-bond acceptors (Lipinski definition) is 6. The Kier molecular flexibility index (Phi) is 3.60. The number of anilines is 1. The summed E-state index contributed by atoms with van der Waals surface area (Å²) < 4.78 is 6.20. The van der Waals surface area contributed by atoms with E-state index in [0.717, 1.165) is 51.2 Å². The Balaban J connectivity index is 1.52. The van der Waals surface area contributed by atoms with Crippen LogP contribution in [0.1, 0.15) is 29.7 Å². The minimum Gasteiger partial charge on any atom is -0.368 e. The van der Waals surface area contributed by atoms with Crippen LogP contribution in [0.2, 0.25) is 0 Å². The summed E-state index contributed by atoms with van der Waals surface area (Å²) in [6.45, 7) is 3.83. The van der Waals surface area contributed by atoms with Gasteiger partial charge in [-0.2, -0.15) is 11.3 Å². The lowest BCUT2D eigenvalue weighted by molar-refractivity contribution is -0.102. The van der Waals surface area contributed by atoms with Gasteiger partial charge in [-0.15, -0.1) is 0 Å². The molecule has 0 unspecified atom stereocenters. The second-order valence-corrected chi connectivity index (χ2v) is 6.88. The fraction of sp³-hybridized carbons (Fsp3) is 0.500. The normalized spacial score (nSPS) is 20.9. The molecule has 1 fully saturated rings. The SMILES string of the molecule is Nc1ncc2c(n1)C1(CCN(Cc3ccsc3)CC1)OCC2. The van der Waals surface area contributed by atoms with Crippen molar-refractivity contribution in [1.82, 2.24) is 14.9 Å². The van der Waals surface area contributed by atoms with E-state index in [1.807, 2.05) is 6.20 Å². The third kappa shape index (κ3) is 2.51. The molecule has 5 nitrogen and oxygen atoms in total. The first-order chi connectivity index (χ1) is 10.8. The van der Waals surface area contributed by atoms with E-state index in [-0.39, 0.29) is 5.60 Å². The number of piperidine rings is 1. The molecule has 2 N–H and O–H groups in total. The quantitative estimate of drug-likeness (QED) is 0.920. The Morgan fingerprint density at radius 1 is 1.36 bits per heavy atom. The highest BCUT2D eigenvalue weighted by Crippen LogP contribution is 2.40. The molecule has 2 aliphatic rings. The topological polar surface area (TPSA) is 64.3 Å². The lowest BCUT2D eigenvalue weighted by atomic mass is 9.83. The summed E-state index contributed by atoms with van der Waals surface area (Å²) >= 11 is 1.76. The van der Waals surface area contributed by atoms with Gasteiger partial charge in [-0.1, -0.05) is 0 Å². The van der Waals surface area contributed by atoms with Crippen LogP contribution in [-0.4, -0.2) is 34.6 Å². The lowest BCUT2D eigenvalue weighted by Crippen LogP contribution is -2.47. The molecule has 2 aromatic heterocycles.